The summed E-state index contributed by atoms with van der Waals surface area (Å²) in [5.74, 6) is 0.826. The van der Waals surface area contributed by atoms with Crippen LogP contribution in [0.3, 0.4) is 0 Å². The molecule has 0 aliphatic carbocycles. The van der Waals surface area contributed by atoms with Gasteiger partial charge in [-0.3, -0.25) is 0 Å². The van der Waals surface area contributed by atoms with E-state index in [-0.39, 0.29) is 5.57 Å². The normalized spacial score (nSPS) is 9.56. The molecule has 0 saturated heterocycles. The van der Waals surface area contributed by atoms with Crippen molar-refractivity contribution in [2.45, 2.75) is 6.61 Å². The monoisotopic (exact) mass is 351 g/mol. The summed E-state index contributed by atoms with van der Waals surface area (Å²) in [6, 6.07) is 29.4. The summed E-state index contributed by atoms with van der Waals surface area (Å²) in [5, 5.41) is 20.4. The Bertz CT molecular complexity index is 977. The molecule has 3 aromatic carbocycles. The number of anilines is 1. The van der Waals surface area contributed by atoms with Gasteiger partial charge in [0.1, 0.15) is 30.1 Å². The number of rotatable bonds is 6. The number of hydrogen-bond acceptors (Lipinski definition) is 4. The van der Waals surface area contributed by atoms with E-state index >= 15 is 0 Å². The third kappa shape index (κ3) is 4.98. The summed E-state index contributed by atoms with van der Waals surface area (Å²) in [6.45, 7) is 0.543. The van der Waals surface area contributed by atoms with Crippen LogP contribution in [-0.2, 0) is 6.61 Å². The van der Waals surface area contributed by atoms with Crippen LogP contribution in [0.25, 0.3) is 11.1 Å². The molecule has 3 aromatic rings. The smallest absolute Gasteiger partial charge is 0.145 e. The molecule has 0 atom stereocenters. The van der Waals surface area contributed by atoms with Gasteiger partial charge in [-0.1, -0.05) is 54.6 Å². The summed E-state index contributed by atoms with van der Waals surface area (Å²) in [6.07, 6.45) is 1.40. The van der Waals surface area contributed by atoms with E-state index in [1.54, 1.807) is 0 Å². The molecule has 0 radical (unpaired) electrons. The van der Waals surface area contributed by atoms with Gasteiger partial charge in [-0.25, -0.2) is 0 Å². The fraction of sp³-hybridized carbons (Fsp3) is 0.0435. The van der Waals surface area contributed by atoms with Gasteiger partial charge in [0.05, 0.1) is 0 Å². The number of nitriles is 2. The van der Waals surface area contributed by atoms with Gasteiger partial charge in [-0.05, 0) is 41.0 Å². The minimum absolute atomic E-state index is 0.0326. The largest absolute Gasteiger partial charge is 0.489 e. The minimum Gasteiger partial charge on any atom is -0.489 e. The Kier molecular flexibility index (Phi) is 5.86. The quantitative estimate of drug-likeness (QED) is 0.614. The molecule has 0 aromatic heterocycles. The van der Waals surface area contributed by atoms with Crippen LogP contribution in [0.5, 0.6) is 5.75 Å². The molecular weight excluding hydrogens is 334 g/mol. The van der Waals surface area contributed by atoms with Crippen LogP contribution < -0.4 is 10.1 Å². The fourth-order valence-electron chi connectivity index (χ4n) is 2.49. The fourth-order valence-corrected chi connectivity index (χ4v) is 2.49. The highest BCUT2D eigenvalue weighted by Crippen LogP contribution is 2.24. The van der Waals surface area contributed by atoms with Crippen LogP contribution in [0, 0.1) is 22.7 Å². The van der Waals surface area contributed by atoms with Gasteiger partial charge in [-0.2, -0.15) is 10.5 Å². The van der Waals surface area contributed by atoms with Crippen LogP contribution in [0.4, 0.5) is 5.69 Å². The Balaban J connectivity index is 1.62. The zero-order valence-corrected chi connectivity index (χ0v) is 14.6. The Hall–Kier alpha value is -4.02. The Labute approximate surface area is 158 Å². The zero-order chi connectivity index (χ0) is 18.9. The predicted molar refractivity (Wildman–Crippen MR) is 106 cm³/mol. The highest BCUT2D eigenvalue weighted by molar-refractivity contribution is 5.67. The molecule has 4 heteroatoms. The lowest BCUT2D eigenvalue weighted by Crippen LogP contribution is -1.94. The topological polar surface area (TPSA) is 68.8 Å². The molecule has 130 valence electrons. The molecule has 0 fully saturated rings. The lowest BCUT2D eigenvalue weighted by Gasteiger charge is -2.08. The second-order valence-electron chi connectivity index (χ2n) is 5.80. The molecule has 0 heterocycles. The van der Waals surface area contributed by atoms with Crippen molar-refractivity contribution >= 4 is 5.69 Å². The van der Waals surface area contributed by atoms with Crippen LogP contribution in [-0.4, -0.2) is 0 Å². The third-order valence-electron chi connectivity index (χ3n) is 3.94. The standard InChI is InChI=1S/C23H17N3O/c24-14-19(15-25)16-26-22-10-6-20(7-11-22)21-8-12-23(13-9-21)27-17-18-4-2-1-3-5-18/h1-13,16,26H,17H2. The Morgan fingerprint density at radius 3 is 2.00 bits per heavy atom. The third-order valence-corrected chi connectivity index (χ3v) is 3.94. The first-order chi connectivity index (χ1) is 13.3. The van der Waals surface area contributed by atoms with Crippen molar-refractivity contribution in [2.75, 3.05) is 5.32 Å². The first-order valence-corrected chi connectivity index (χ1v) is 8.42. The van der Waals surface area contributed by atoms with E-state index in [1.165, 1.54) is 6.20 Å². The van der Waals surface area contributed by atoms with E-state index in [2.05, 4.69) is 5.32 Å². The van der Waals surface area contributed by atoms with Crippen LogP contribution in [0.15, 0.2) is 90.6 Å². The van der Waals surface area contributed by atoms with Crippen molar-refractivity contribution in [2.24, 2.45) is 0 Å². The van der Waals surface area contributed by atoms with Crippen molar-refractivity contribution in [1.82, 2.24) is 0 Å². The lowest BCUT2D eigenvalue weighted by molar-refractivity contribution is 0.306. The van der Waals surface area contributed by atoms with Gasteiger partial charge >= 0.3 is 0 Å². The summed E-state index contributed by atoms with van der Waals surface area (Å²) in [7, 11) is 0. The van der Waals surface area contributed by atoms with Gasteiger partial charge in [0.2, 0.25) is 0 Å². The Morgan fingerprint density at radius 2 is 1.41 bits per heavy atom. The molecule has 0 aliphatic heterocycles. The molecule has 4 nitrogen and oxygen atoms in total. The number of ether oxygens (including phenoxy) is 1. The molecule has 1 N–H and O–H groups in total. The van der Waals surface area contributed by atoms with Gasteiger partial charge in [0.25, 0.3) is 0 Å². The number of nitrogens with zero attached hydrogens (tertiary/aromatic N) is 2. The van der Waals surface area contributed by atoms with Crippen molar-refractivity contribution in [3.05, 3.63) is 96.2 Å². The molecule has 0 spiro atoms. The highest BCUT2D eigenvalue weighted by atomic mass is 16.5. The number of benzene rings is 3. The molecule has 3 rings (SSSR count). The SMILES string of the molecule is N#CC(C#N)=CNc1ccc(-c2ccc(OCc3ccccc3)cc2)cc1. The average Bonchev–Trinajstić information content (AvgIpc) is 2.74. The second-order valence-corrected chi connectivity index (χ2v) is 5.80. The van der Waals surface area contributed by atoms with Crippen LogP contribution >= 0.6 is 0 Å². The van der Waals surface area contributed by atoms with Crippen molar-refractivity contribution in [3.8, 4) is 29.0 Å². The van der Waals surface area contributed by atoms with E-state index in [0.717, 1.165) is 28.1 Å². The highest BCUT2D eigenvalue weighted by Gasteiger charge is 2.00. The minimum atomic E-state index is 0.0326. The zero-order valence-electron chi connectivity index (χ0n) is 14.6. The van der Waals surface area contributed by atoms with Crippen LogP contribution in [0.2, 0.25) is 0 Å². The number of nitrogens with one attached hydrogen (secondary N) is 1. The summed E-state index contributed by atoms with van der Waals surface area (Å²) in [5.41, 5.74) is 4.13. The van der Waals surface area contributed by atoms with E-state index in [0.29, 0.717) is 6.61 Å². The molecule has 0 saturated carbocycles. The van der Waals surface area contributed by atoms with Gasteiger partial charge in [-0.15, -0.1) is 0 Å². The molecule has 0 bridgehead atoms. The summed E-state index contributed by atoms with van der Waals surface area (Å²) >= 11 is 0. The Morgan fingerprint density at radius 1 is 0.815 bits per heavy atom. The first-order valence-electron chi connectivity index (χ1n) is 8.42. The molecule has 0 aliphatic rings. The van der Waals surface area contributed by atoms with Crippen molar-refractivity contribution in [1.29, 1.82) is 10.5 Å². The van der Waals surface area contributed by atoms with Gasteiger partial charge < -0.3 is 10.1 Å². The van der Waals surface area contributed by atoms with E-state index in [9.17, 15) is 0 Å². The maximum absolute atomic E-state index is 8.73. The molecule has 0 amide bonds. The lowest BCUT2D eigenvalue weighted by atomic mass is 10.1. The maximum atomic E-state index is 8.73. The average molecular weight is 351 g/mol. The molecular formula is C23H17N3O. The first kappa shape index (κ1) is 17.8. The van der Waals surface area contributed by atoms with Gasteiger partial charge in [0.15, 0.2) is 0 Å². The van der Waals surface area contributed by atoms with Crippen LogP contribution in [0.1, 0.15) is 5.56 Å². The molecule has 27 heavy (non-hydrogen) atoms. The second kappa shape index (κ2) is 8.89. The van der Waals surface area contributed by atoms with E-state index < -0.39 is 0 Å². The molecule has 0 unspecified atom stereocenters. The maximum Gasteiger partial charge on any atom is 0.145 e. The van der Waals surface area contributed by atoms with Gasteiger partial charge in [0, 0.05) is 11.9 Å². The number of allylic oxidation sites excluding steroid dienone is 1. The summed E-state index contributed by atoms with van der Waals surface area (Å²) in [4.78, 5) is 0. The summed E-state index contributed by atoms with van der Waals surface area (Å²) < 4.78 is 5.81. The predicted octanol–water partition coefficient (Wildman–Crippen LogP) is 5.28. The van der Waals surface area contributed by atoms with Crippen molar-refractivity contribution in [3.63, 3.8) is 0 Å². The van der Waals surface area contributed by atoms with E-state index in [4.69, 9.17) is 15.3 Å². The number of hydrogen-bond donors (Lipinski definition) is 1. The van der Waals surface area contributed by atoms with E-state index in [1.807, 2.05) is 91.0 Å². The van der Waals surface area contributed by atoms with Crippen molar-refractivity contribution < 1.29 is 4.74 Å².